The van der Waals surface area contributed by atoms with E-state index in [1.807, 2.05) is 18.2 Å². The summed E-state index contributed by atoms with van der Waals surface area (Å²) in [6.07, 6.45) is 5.40. The van der Waals surface area contributed by atoms with E-state index in [0.717, 1.165) is 25.7 Å². The Hall–Kier alpha value is -1.75. The number of hydrogen-bond acceptors (Lipinski definition) is 3. The fourth-order valence-electron chi connectivity index (χ4n) is 2.55. The van der Waals surface area contributed by atoms with Gasteiger partial charge in [-0.25, -0.2) is 4.79 Å². The quantitative estimate of drug-likeness (QED) is 0.743. The number of carbonyl (C=O) groups excluding carboxylic acids is 1. The Morgan fingerprint density at radius 3 is 2.90 bits per heavy atom. The first-order valence-corrected chi connectivity index (χ1v) is 7.16. The van der Waals surface area contributed by atoms with Gasteiger partial charge in [-0.2, -0.15) is 0 Å². The average molecular weight is 277 g/mol. The number of methoxy groups -OCH3 is 1. The summed E-state index contributed by atoms with van der Waals surface area (Å²) in [4.78, 5) is 12.0. The number of amides is 2. The highest BCUT2D eigenvalue weighted by Crippen LogP contribution is 2.18. The Bertz CT molecular complexity index is 450. The summed E-state index contributed by atoms with van der Waals surface area (Å²) < 4.78 is 5.13. The third kappa shape index (κ3) is 4.13. The van der Waals surface area contributed by atoms with E-state index in [1.54, 1.807) is 13.2 Å². The van der Waals surface area contributed by atoms with E-state index in [-0.39, 0.29) is 18.1 Å². The van der Waals surface area contributed by atoms with E-state index in [9.17, 15) is 4.79 Å². The molecule has 0 aliphatic heterocycles. The number of benzene rings is 1. The Morgan fingerprint density at radius 1 is 1.30 bits per heavy atom. The fraction of sp³-hybridized carbons (Fsp3) is 0.533. The summed E-state index contributed by atoms with van der Waals surface area (Å²) in [7, 11) is 1.60. The van der Waals surface area contributed by atoms with Crippen molar-refractivity contribution >= 4 is 11.7 Å². The Balaban J connectivity index is 1.90. The van der Waals surface area contributed by atoms with Crippen molar-refractivity contribution in [3.8, 4) is 5.75 Å². The van der Waals surface area contributed by atoms with Crippen LogP contribution in [-0.2, 0) is 0 Å². The van der Waals surface area contributed by atoms with Gasteiger partial charge in [-0.05, 0) is 25.0 Å². The highest BCUT2D eigenvalue weighted by atomic mass is 16.5. The number of urea groups is 1. The number of nitrogens with two attached hydrogens (primary N) is 1. The number of ether oxygens (including phenoxy) is 1. The van der Waals surface area contributed by atoms with Crippen LogP contribution in [0.4, 0.5) is 10.5 Å². The second-order valence-corrected chi connectivity index (χ2v) is 5.24. The molecule has 5 heteroatoms. The molecule has 20 heavy (non-hydrogen) atoms. The van der Waals surface area contributed by atoms with Gasteiger partial charge in [-0.3, -0.25) is 0 Å². The zero-order chi connectivity index (χ0) is 14.4. The summed E-state index contributed by atoms with van der Waals surface area (Å²) in [5.74, 6) is 0.717. The lowest BCUT2D eigenvalue weighted by Gasteiger charge is -2.22. The molecule has 0 radical (unpaired) electrons. The van der Waals surface area contributed by atoms with Crippen LogP contribution in [-0.4, -0.2) is 25.2 Å². The van der Waals surface area contributed by atoms with Gasteiger partial charge in [-0.15, -0.1) is 0 Å². The van der Waals surface area contributed by atoms with Gasteiger partial charge in [0.25, 0.3) is 0 Å². The first kappa shape index (κ1) is 14.7. The molecule has 0 aromatic heterocycles. The predicted molar refractivity (Wildman–Crippen MR) is 80.0 cm³/mol. The first-order chi connectivity index (χ1) is 9.69. The number of nitrogens with one attached hydrogen (secondary N) is 2. The molecule has 2 amide bonds. The normalized spacial score (nSPS) is 22.7. The molecule has 1 fully saturated rings. The minimum atomic E-state index is -0.208. The van der Waals surface area contributed by atoms with Crippen molar-refractivity contribution in [2.75, 3.05) is 12.4 Å². The molecule has 1 aliphatic carbocycles. The van der Waals surface area contributed by atoms with Crippen molar-refractivity contribution in [2.24, 2.45) is 5.73 Å². The molecule has 5 nitrogen and oxygen atoms in total. The van der Waals surface area contributed by atoms with Crippen molar-refractivity contribution < 1.29 is 9.53 Å². The van der Waals surface area contributed by atoms with Gasteiger partial charge in [-0.1, -0.05) is 25.3 Å². The predicted octanol–water partition coefficient (Wildman–Crippen LogP) is 2.48. The molecule has 110 valence electrons. The first-order valence-electron chi connectivity index (χ1n) is 7.16. The zero-order valence-corrected chi connectivity index (χ0v) is 11.9. The monoisotopic (exact) mass is 277 g/mol. The highest BCUT2D eigenvalue weighted by molar-refractivity contribution is 5.89. The van der Waals surface area contributed by atoms with Crippen LogP contribution < -0.4 is 21.1 Å². The summed E-state index contributed by atoms with van der Waals surface area (Å²) in [6.45, 7) is 0. The van der Waals surface area contributed by atoms with E-state index in [2.05, 4.69) is 10.6 Å². The van der Waals surface area contributed by atoms with Crippen LogP contribution in [0.3, 0.4) is 0 Å². The molecule has 4 N–H and O–H groups in total. The van der Waals surface area contributed by atoms with Crippen molar-refractivity contribution in [2.45, 2.75) is 44.2 Å². The molecular weight excluding hydrogens is 254 g/mol. The SMILES string of the molecule is COc1cccc(NC(=O)NC2CCCCCC2N)c1. The number of anilines is 1. The van der Waals surface area contributed by atoms with Gasteiger partial charge < -0.3 is 21.1 Å². The van der Waals surface area contributed by atoms with Crippen LogP contribution >= 0.6 is 0 Å². The molecule has 0 heterocycles. The molecule has 1 aliphatic rings. The minimum absolute atomic E-state index is 0.0496. The van der Waals surface area contributed by atoms with Crippen molar-refractivity contribution in [1.29, 1.82) is 0 Å². The molecule has 2 rings (SSSR count). The molecule has 0 spiro atoms. The van der Waals surface area contributed by atoms with Gasteiger partial charge in [0.05, 0.1) is 7.11 Å². The Kier molecular flexibility index (Phi) is 5.24. The maximum Gasteiger partial charge on any atom is 0.319 e. The van der Waals surface area contributed by atoms with Gasteiger partial charge in [0.2, 0.25) is 0 Å². The number of carbonyl (C=O) groups is 1. The topological polar surface area (TPSA) is 76.4 Å². The van der Waals surface area contributed by atoms with Gasteiger partial charge in [0.15, 0.2) is 0 Å². The molecule has 1 aromatic rings. The average Bonchev–Trinajstić information content (AvgIpc) is 2.64. The Labute approximate surface area is 119 Å². The lowest BCUT2D eigenvalue weighted by molar-refractivity contribution is 0.245. The van der Waals surface area contributed by atoms with E-state index in [4.69, 9.17) is 10.5 Å². The Morgan fingerprint density at radius 2 is 2.10 bits per heavy atom. The molecule has 0 bridgehead atoms. The van der Waals surface area contributed by atoms with Gasteiger partial charge >= 0.3 is 6.03 Å². The van der Waals surface area contributed by atoms with Crippen LogP contribution in [0.1, 0.15) is 32.1 Å². The molecule has 2 atom stereocenters. The molecule has 1 saturated carbocycles. The smallest absolute Gasteiger partial charge is 0.319 e. The second kappa shape index (κ2) is 7.14. The van der Waals surface area contributed by atoms with Crippen LogP contribution in [0.2, 0.25) is 0 Å². The summed E-state index contributed by atoms with van der Waals surface area (Å²) in [6, 6.07) is 7.19. The molecule has 0 saturated heterocycles. The highest BCUT2D eigenvalue weighted by Gasteiger charge is 2.21. The van der Waals surface area contributed by atoms with Crippen molar-refractivity contribution in [3.63, 3.8) is 0 Å². The van der Waals surface area contributed by atoms with E-state index in [1.165, 1.54) is 6.42 Å². The number of rotatable bonds is 3. The van der Waals surface area contributed by atoms with E-state index in [0.29, 0.717) is 11.4 Å². The maximum atomic E-state index is 12.0. The van der Waals surface area contributed by atoms with Crippen molar-refractivity contribution in [3.05, 3.63) is 24.3 Å². The van der Waals surface area contributed by atoms with Crippen LogP contribution in [0.25, 0.3) is 0 Å². The second-order valence-electron chi connectivity index (χ2n) is 5.24. The maximum absolute atomic E-state index is 12.0. The summed E-state index contributed by atoms with van der Waals surface area (Å²) in [5, 5.41) is 5.80. The fourth-order valence-corrected chi connectivity index (χ4v) is 2.55. The van der Waals surface area contributed by atoms with Crippen LogP contribution in [0.15, 0.2) is 24.3 Å². The largest absolute Gasteiger partial charge is 0.497 e. The molecule has 1 aromatic carbocycles. The standard InChI is InChI=1S/C15H23N3O2/c1-20-12-7-5-6-11(10-12)17-15(19)18-14-9-4-2-3-8-13(14)16/h5-7,10,13-14H,2-4,8-9,16H2,1H3,(H2,17,18,19). The molecular formula is C15H23N3O2. The van der Waals surface area contributed by atoms with Gasteiger partial charge in [0, 0.05) is 23.8 Å². The van der Waals surface area contributed by atoms with Crippen LogP contribution in [0.5, 0.6) is 5.75 Å². The van der Waals surface area contributed by atoms with E-state index >= 15 is 0 Å². The molecule has 2 unspecified atom stereocenters. The summed E-state index contributed by atoms with van der Waals surface area (Å²) >= 11 is 0. The minimum Gasteiger partial charge on any atom is -0.497 e. The zero-order valence-electron chi connectivity index (χ0n) is 11.9. The van der Waals surface area contributed by atoms with Crippen molar-refractivity contribution in [1.82, 2.24) is 5.32 Å². The summed E-state index contributed by atoms with van der Waals surface area (Å²) in [5.41, 5.74) is 6.82. The third-order valence-electron chi connectivity index (χ3n) is 3.71. The van der Waals surface area contributed by atoms with Gasteiger partial charge in [0.1, 0.15) is 5.75 Å². The lowest BCUT2D eigenvalue weighted by Crippen LogP contribution is -2.48. The third-order valence-corrected chi connectivity index (χ3v) is 3.71. The van der Waals surface area contributed by atoms with E-state index < -0.39 is 0 Å². The number of hydrogen-bond donors (Lipinski definition) is 3. The van der Waals surface area contributed by atoms with Crippen LogP contribution in [0, 0.1) is 0 Å². The lowest BCUT2D eigenvalue weighted by atomic mass is 10.0.